The van der Waals surface area contributed by atoms with Crippen LogP contribution < -0.4 is 9.80 Å². The summed E-state index contributed by atoms with van der Waals surface area (Å²) < 4.78 is 0. The van der Waals surface area contributed by atoms with Crippen LogP contribution in [0.15, 0.2) is 303 Å². The van der Waals surface area contributed by atoms with E-state index in [0.29, 0.717) is 0 Å². The van der Waals surface area contributed by atoms with Crippen LogP contribution in [0.25, 0.3) is 33.4 Å². The summed E-state index contributed by atoms with van der Waals surface area (Å²) in [6.07, 6.45) is 0. The Hall–Kier alpha value is -9.76. The van der Waals surface area contributed by atoms with Gasteiger partial charge in [0, 0.05) is 34.1 Å². The van der Waals surface area contributed by atoms with Gasteiger partial charge in [0.1, 0.15) is 0 Å². The predicted octanol–water partition coefficient (Wildman–Crippen LogP) is 19.6. The van der Waals surface area contributed by atoms with Gasteiger partial charge in [0.15, 0.2) is 0 Å². The maximum absolute atomic E-state index is 2.42. The van der Waals surface area contributed by atoms with Crippen LogP contribution in [-0.4, -0.2) is 0 Å². The van der Waals surface area contributed by atoms with Crippen molar-refractivity contribution < 1.29 is 0 Å². The highest BCUT2D eigenvalue weighted by Gasteiger charge is 2.47. The van der Waals surface area contributed by atoms with Crippen LogP contribution in [0.3, 0.4) is 0 Å². The van der Waals surface area contributed by atoms with Crippen LogP contribution in [0, 0.1) is 13.8 Å². The lowest BCUT2D eigenvalue weighted by molar-refractivity contribution is 0.768. The van der Waals surface area contributed by atoms with Crippen molar-refractivity contribution in [3.8, 4) is 33.4 Å². The van der Waals surface area contributed by atoms with E-state index in [9.17, 15) is 0 Å². The molecule has 0 aliphatic heterocycles. The monoisotopic (exact) mass is 996 g/mol. The van der Waals surface area contributed by atoms with E-state index >= 15 is 0 Å². The molecule has 0 unspecified atom stereocenters. The summed E-state index contributed by atoms with van der Waals surface area (Å²) in [5.41, 5.74) is 25.7. The van der Waals surface area contributed by atoms with Crippen molar-refractivity contribution in [2.45, 2.75) is 24.7 Å². The summed E-state index contributed by atoms with van der Waals surface area (Å²) in [6.45, 7) is 4.27. The van der Waals surface area contributed by atoms with Gasteiger partial charge < -0.3 is 9.80 Å². The molecule has 2 aliphatic rings. The molecule has 2 nitrogen and oxygen atoms in total. The van der Waals surface area contributed by atoms with Gasteiger partial charge >= 0.3 is 0 Å². The highest BCUT2D eigenvalue weighted by atomic mass is 15.1. The van der Waals surface area contributed by atoms with Crippen molar-refractivity contribution in [3.63, 3.8) is 0 Å². The lowest BCUT2D eigenvalue weighted by Crippen LogP contribution is -2.28. The Morgan fingerprint density at radius 1 is 0.205 bits per heavy atom. The van der Waals surface area contributed by atoms with Gasteiger partial charge in [-0.1, -0.05) is 242 Å². The first-order valence-electron chi connectivity index (χ1n) is 27.2. The second kappa shape index (κ2) is 19.1. The first-order chi connectivity index (χ1) is 38.5. The first kappa shape index (κ1) is 46.7. The summed E-state index contributed by atoms with van der Waals surface area (Å²) in [5.74, 6) is 0. The van der Waals surface area contributed by atoms with E-state index in [4.69, 9.17) is 0 Å². The van der Waals surface area contributed by atoms with Crippen LogP contribution in [0.2, 0.25) is 0 Å². The molecule has 0 saturated carbocycles. The molecule has 2 heteroatoms. The maximum atomic E-state index is 2.42. The number of hydrogen-bond acceptors (Lipinski definition) is 2. The molecule has 0 amide bonds. The number of hydrogen-bond donors (Lipinski definition) is 0. The fourth-order valence-corrected chi connectivity index (χ4v) is 13.0. The van der Waals surface area contributed by atoms with E-state index in [1.807, 2.05) is 0 Å². The number of benzene rings is 12. The standard InChI is InChI=1S/C76H56N2/c1-53-29-41-61(42-30-53)77(62-43-31-54(2)32-44-62)63-45-33-55(34-46-63)56-35-47-64(48-36-56)78(65-49-37-59(38-50-65)75(57-17-5-3-6-18-57)71-25-13-9-21-67(71)68-22-10-14-26-72(68)75)66-51-39-60(40-52-66)76(58-19-7-4-8-20-58)73-27-15-11-23-69(73)70-24-12-16-28-74(70)76/h3-52H,1-2H3. The molecule has 12 aromatic carbocycles. The number of fused-ring (bicyclic) bond motifs is 6. The molecule has 0 saturated heterocycles. The lowest BCUT2D eigenvalue weighted by Gasteiger charge is -2.35. The number of rotatable bonds is 11. The lowest BCUT2D eigenvalue weighted by atomic mass is 9.67. The minimum atomic E-state index is -0.492. The van der Waals surface area contributed by atoms with E-state index in [1.54, 1.807) is 0 Å². The number of anilines is 6. The maximum Gasteiger partial charge on any atom is 0.0713 e. The van der Waals surface area contributed by atoms with Gasteiger partial charge in [0.05, 0.1) is 10.8 Å². The molecule has 0 radical (unpaired) electrons. The Morgan fingerprint density at radius 3 is 0.705 bits per heavy atom. The van der Waals surface area contributed by atoms with E-state index in [-0.39, 0.29) is 0 Å². The number of nitrogens with zero attached hydrogens (tertiary/aromatic N) is 2. The first-order valence-corrected chi connectivity index (χ1v) is 27.2. The van der Waals surface area contributed by atoms with Crippen molar-refractivity contribution in [1.29, 1.82) is 0 Å². The molecule has 370 valence electrons. The van der Waals surface area contributed by atoms with Crippen molar-refractivity contribution in [1.82, 2.24) is 0 Å². The molecular weight excluding hydrogens is 941 g/mol. The topological polar surface area (TPSA) is 6.48 Å². The van der Waals surface area contributed by atoms with E-state index in [0.717, 1.165) is 45.3 Å². The summed E-state index contributed by atoms with van der Waals surface area (Å²) in [7, 11) is 0. The molecular formula is C76H56N2. The van der Waals surface area contributed by atoms with Gasteiger partial charge in [-0.25, -0.2) is 0 Å². The molecule has 78 heavy (non-hydrogen) atoms. The summed E-state index contributed by atoms with van der Waals surface area (Å²) >= 11 is 0. The quantitative estimate of drug-likeness (QED) is 0.127. The Bertz CT molecular complexity index is 3790. The summed E-state index contributed by atoms with van der Waals surface area (Å²) in [5, 5.41) is 0. The van der Waals surface area contributed by atoms with Crippen molar-refractivity contribution >= 4 is 34.1 Å². The molecule has 0 bridgehead atoms. The molecule has 0 N–H and O–H groups in total. The van der Waals surface area contributed by atoms with Crippen LogP contribution >= 0.6 is 0 Å². The van der Waals surface area contributed by atoms with E-state index in [1.165, 1.54) is 77.9 Å². The molecule has 0 atom stereocenters. The van der Waals surface area contributed by atoms with E-state index in [2.05, 4.69) is 327 Å². The van der Waals surface area contributed by atoms with Crippen LogP contribution in [0.5, 0.6) is 0 Å². The normalized spacial score (nSPS) is 13.2. The highest BCUT2D eigenvalue weighted by Crippen LogP contribution is 2.58. The third kappa shape index (κ3) is 7.47. The molecule has 2 aliphatic carbocycles. The Balaban J connectivity index is 0.885. The average molecular weight is 997 g/mol. The second-order valence-corrected chi connectivity index (χ2v) is 20.9. The summed E-state index contributed by atoms with van der Waals surface area (Å²) in [4.78, 5) is 4.75. The Kier molecular flexibility index (Phi) is 11.5. The smallest absolute Gasteiger partial charge is 0.0713 e. The highest BCUT2D eigenvalue weighted by molar-refractivity contribution is 5.89. The molecule has 12 aromatic rings. The second-order valence-electron chi connectivity index (χ2n) is 20.9. The Morgan fingerprint density at radius 2 is 0.423 bits per heavy atom. The van der Waals surface area contributed by atoms with Gasteiger partial charge in [-0.2, -0.15) is 0 Å². The average Bonchev–Trinajstić information content (AvgIpc) is 3.05. The van der Waals surface area contributed by atoms with E-state index < -0.39 is 10.8 Å². The van der Waals surface area contributed by atoms with Gasteiger partial charge in [-0.05, 0) is 165 Å². The van der Waals surface area contributed by atoms with Gasteiger partial charge in [-0.15, -0.1) is 0 Å². The van der Waals surface area contributed by atoms with Gasteiger partial charge in [0.2, 0.25) is 0 Å². The molecule has 0 spiro atoms. The van der Waals surface area contributed by atoms with Crippen molar-refractivity contribution in [2.75, 3.05) is 9.80 Å². The van der Waals surface area contributed by atoms with Crippen LogP contribution in [0.4, 0.5) is 34.1 Å². The van der Waals surface area contributed by atoms with Crippen molar-refractivity contribution in [2.24, 2.45) is 0 Å². The molecule has 0 aromatic heterocycles. The predicted molar refractivity (Wildman–Crippen MR) is 325 cm³/mol. The van der Waals surface area contributed by atoms with Gasteiger partial charge in [0.25, 0.3) is 0 Å². The van der Waals surface area contributed by atoms with Gasteiger partial charge in [-0.3, -0.25) is 0 Å². The zero-order valence-electron chi connectivity index (χ0n) is 43.8. The fourth-order valence-electron chi connectivity index (χ4n) is 13.0. The minimum absolute atomic E-state index is 0.492. The SMILES string of the molecule is Cc1ccc(N(c2ccc(C)cc2)c2ccc(-c3ccc(N(c4ccc(C5(c6ccccc6)c6ccccc6-c6ccccc65)cc4)c4ccc(C5(c6ccccc6)c6ccccc6-c6ccccc65)cc4)cc3)cc2)cc1. The zero-order valence-corrected chi connectivity index (χ0v) is 43.8. The third-order valence-electron chi connectivity index (χ3n) is 16.6. The molecule has 14 rings (SSSR count). The minimum Gasteiger partial charge on any atom is -0.311 e. The fraction of sp³-hybridized carbons (Fsp3) is 0.0526. The zero-order chi connectivity index (χ0) is 52.2. The third-order valence-corrected chi connectivity index (χ3v) is 16.6. The Labute approximate surface area is 458 Å². The van der Waals surface area contributed by atoms with Crippen LogP contribution in [-0.2, 0) is 10.8 Å². The van der Waals surface area contributed by atoms with Crippen molar-refractivity contribution in [3.05, 3.63) is 359 Å². The van der Waals surface area contributed by atoms with Crippen LogP contribution in [0.1, 0.15) is 55.6 Å². The largest absolute Gasteiger partial charge is 0.311 e. The summed E-state index contributed by atoms with van der Waals surface area (Å²) in [6, 6.07) is 112. The number of aryl methyl sites for hydroxylation is 2. The molecule has 0 fully saturated rings. The molecule has 0 heterocycles.